The van der Waals surface area contributed by atoms with Crippen molar-refractivity contribution >= 4 is 22.9 Å². The third kappa shape index (κ3) is 4.35. The average Bonchev–Trinajstić information content (AvgIpc) is 2.24. The van der Waals surface area contributed by atoms with E-state index in [1.807, 2.05) is 12.1 Å². The molecule has 0 saturated heterocycles. The van der Waals surface area contributed by atoms with Crippen LogP contribution in [0.3, 0.4) is 0 Å². The Balaban J connectivity index is 2.74. The molecule has 2 nitrogen and oxygen atoms in total. The summed E-state index contributed by atoms with van der Waals surface area (Å²) in [7, 11) is 0. The lowest BCUT2D eigenvalue weighted by atomic mass is 10.2. The lowest BCUT2D eigenvalue weighted by Gasteiger charge is -2.02. The van der Waals surface area contributed by atoms with Gasteiger partial charge in [-0.05, 0) is 35.4 Å². The zero-order valence-corrected chi connectivity index (χ0v) is 8.70. The van der Waals surface area contributed by atoms with Crippen molar-refractivity contribution in [2.45, 2.75) is 0 Å². The highest BCUT2D eigenvalue weighted by Crippen LogP contribution is 2.14. The third-order valence-electron chi connectivity index (χ3n) is 1.59. The molecule has 0 amide bonds. The molecule has 0 unspecified atom stereocenters. The Morgan fingerprint density at radius 1 is 1.60 bits per heavy atom. The predicted octanol–water partition coefficient (Wildman–Crippen LogP) is 2.48. The number of hydrogen-bond acceptors (Lipinski definition) is 2. The summed E-state index contributed by atoms with van der Waals surface area (Å²) in [5.74, 6) is 3.03. The van der Waals surface area contributed by atoms with Gasteiger partial charge in [0.1, 0.15) is 12.4 Å². The van der Waals surface area contributed by atoms with Crippen molar-refractivity contribution < 1.29 is 9.53 Å². The number of hydrogen-bond donors (Lipinski definition) is 0. The van der Waals surface area contributed by atoms with Crippen molar-refractivity contribution in [1.82, 2.24) is 0 Å². The molecule has 1 aromatic rings. The van der Waals surface area contributed by atoms with Crippen molar-refractivity contribution in [2.75, 3.05) is 6.61 Å². The van der Waals surface area contributed by atoms with Gasteiger partial charge in [-0.15, -0.1) is 6.42 Å². The number of terminal acetylenes is 1. The molecule has 0 aliphatic carbocycles. The zero-order valence-electron chi connectivity index (χ0n) is 7.94. The minimum atomic E-state index is -0.509. The molecule has 0 aromatic heterocycles. The van der Waals surface area contributed by atoms with Crippen molar-refractivity contribution in [2.24, 2.45) is 0 Å². The molecular formula is C12H9ClO2. The largest absolute Gasteiger partial charge is 0.481 e. The van der Waals surface area contributed by atoms with E-state index in [9.17, 15) is 4.79 Å². The fourth-order valence-corrected chi connectivity index (χ4v) is 1.06. The number of ether oxygens (including phenoxy) is 1. The molecule has 0 aliphatic rings. The van der Waals surface area contributed by atoms with Gasteiger partial charge in [0.15, 0.2) is 0 Å². The predicted molar refractivity (Wildman–Crippen MR) is 60.7 cm³/mol. The summed E-state index contributed by atoms with van der Waals surface area (Å²) in [4.78, 5) is 10.5. The molecule has 0 fully saturated rings. The molecule has 3 heteroatoms. The van der Waals surface area contributed by atoms with Gasteiger partial charge in [-0.2, -0.15) is 0 Å². The molecule has 0 spiro atoms. The summed E-state index contributed by atoms with van der Waals surface area (Å²) in [6.45, 7) is 0.224. The lowest BCUT2D eigenvalue weighted by molar-refractivity contribution is -0.107. The first-order chi connectivity index (χ1) is 7.22. The molecule has 0 heterocycles. The van der Waals surface area contributed by atoms with Crippen LogP contribution in [-0.4, -0.2) is 11.8 Å². The van der Waals surface area contributed by atoms with E-state index in [-0.39, 0.29) is 6.61 Å². The number of benzene rings is 1. The molecule has 0 bridgehead atoms. The van der Waals surface area contributed by atoms with Gasteiger partial charge in [0.25, 0.3) is 0 Å². The maximum atomic E-state index is 10.5. The quantitative estimate of drug-likeness (QED) is 0.443. The molecule has 1 aromatic carbocycles. The summed E-state index contributed by atoms with van der Waals surface area (Å²) >= 11 is 5.17. The van der Waals surface area contributed by atoms with Crippen LogP contribution in [0.2, 0.25) is 0 Å². The Bertz CT molecular complexity index is 416. The molecule has 0 N–H and O–H groups in total. The first-order valence-electron chi connectivity index (χ1n) is 4.26. The highest BCUT2D eigenvalue weighted by Gasteiger charge is 1.93. The number of halogens is 1. The smallest absolute Gasteiger partial charge is 0.245 e. The van der Waals surface area contributed by atoms with E-state index in [1.165, 1.54) is 6.08 Å². The summed E-state index contributed by atoms with van der Waals surface area (Å²) < 4.78 is 5.21. The van der Waals surface area contributed by atoms with Crippen LogP contribution in [0.25, 0.3) is 6.08 Å². The van der Waals surface area contributed by atoms with Crippen LogP contribution in [0.5, 0.6) is 5.75 Å². The van der Waals surface area contributed by atoms with Gasteiger partial charge in [0.05, 0.1) is 0 Å². The summed E-state index contributed by atoms with van der Waals surface area (Å²) in [6.07, 6.45) is 7.95. The monoisotopic (exact) mass is 220 g/mol. The Morgan fingerprint density at radius 3 is 3.07 bits per heavy atom. The fourth-order valence-electron chi connectivity index (χ4n) is 0.995. The number of rotatable bonds is 4. The minimum absolute atomic E-state index is 0.224. The highest BCUT2D eigenvalue weighted by atomic mass is 35.5. The fraction of sp³-hybridized carbons (Fsp3) is 0.0833. The summed E-state index contributed by atoms with van der Waals surface area (Å²) in [6, 6.07) is 7.20. The number of carbonyl (C=O) groups excluding carboxylic acids is 1. The van der Waals surface area contributed by atoms with Crippen molar-refractivity contribution in [3.8, 4) is 18.1 Å². The number of carbonyl (C=O) groups is 1. The van der Waals surface area contributed by atoms with Crippen LogP contribution in [0.1, 0.15) is 5.56 Å². The van der Waals surface area contributed by atoms with E-state index in [0.717, 1.165) is 5.56 Å². The van der Waals surface area contributed by atoms with Crippen molar-refractivity contribution in [3.05, 3.63) is 35.9 Å². The van der Waals surface area contributed by atoms with Gasteiger partial charge < -0.3 is 4.74 Å². The van der Waals surface area contributed by atoms with E-state index < -0.39 is 5.24 Å². The second kappa shape index (κ2) is 5.90. The second-order valence-electron chi connectivity index (χ2n) is 2.70. The molecular weight excluding hydrogens is 212 g/mol. The average molecular weight is 221 g/mol. The van der Waals surface area contributed by atoms with Gasteiger partial charge in [-0.25, -0.2) is 0 Å². The Labute approximate surface area is 93.5 Å². The first kappa shape index (κ1) is 11.4. The van der Waals surface area contributed by atoms with Crippen LogP contribution in [0, 0.1) is 12.3 Å². The normalized spacial score (nSPS) is 9.87. The molecule has 0 radical (unpaired) electrons. The highest BCUT2D eigenvalue weighted by molar-refractivity contribution is 6.66. The van der Waals surface area contributed by atoms with Crippen LogP contribution < -0.4 is 4.74 Å². The summed E-state index contributed by atoms with van der Waals surface area (Å²) in [5, 5.41) is -0.509. The third-order valence-corrected chi connectivity index (χ3v) is 1.71. The Kier molecular flexibility index (Phi) is 4.46. The van der Waals surface area contributed by atoms with Gasteiger partial charge in [-0.3, -0.25) is 4.79 Å². The maximum Gasteiger partial charge on any atom is 0.245 e. The lowest BCUT2D eigenvalue weighted by Crippen LogP contribution is -1.93. The topological polar surface area (TPSA) is 26.3 Å². The van der Waals surface area contributed by atoms with Crippen LogP contribution >= 0.6 is 11.6 Å². The standard InChI is InChI=1S/C12H9ClO2/c1-2-8-15-11-5-3-4-10(9-11)6-7-12(13)14/h1,3-7,9H,8H2/b7-6+. The maximum absolute atomic E-state index is 10.5. The van der Waals surface area contributed by atoms with E-state index in [0.29, 0.717) is 5.75 Å². The SMILES string of the molecule is C#CCOc1cccc(/C=C/C(=O)Cl)c1. The minimum Gasteiger partial charge on any atom is -0.481 e. The first-order valence-corrected chi connectivity index (χ1v) is 4.64. The molecule has 1 rings (SSSR count). The van der Waals surface area contributed by atoms with E-state index >= 15 is 0 Å². The van der Waals surface area contributed by atoms with Crippen LogP contribution in [0.4, 0.5) is 0 Å². The molecule has 0 atom stereocenters. The van der Waals surface area contributed by atoms with Gasteiger partial charge in [0, 0.05) is 0 Å². The van der Waals surface area contributed by atoms with Gasteiger partial charge in [0.2, 0.25) is 5.24 Å². The van der Waals surface area contributed by atoms with Gasteiger partial charge >= 0.3 is 0 Å². The Hall–Kier alpha value is -1.72. The molecule has 0 saturated carbocycles. The Morgan fingerprint density at radius 2 is 2.40 bits per heavy atom. The molecule has 15 heavy (non-hydrogen) atoms. The summed E-state index contributed by atoms with van der Waals surface area (Å²) in [5.41, 5.74) is 0.832. The van der Waals surface area contributed by atoms with E-state index in [1.54, 1.807) is 18.2 Å². The van der Waals surface area contributed by atoms with Crippen molar-refractivity contribution in [1.29, 1.82) is 0 Å². The number of allylic oxidation sites excluding steroid dienone is 1. The van der Waals surface area contributed by atoms with Crippen LogP contribution in [-0.2, 0) is 4.79 Å². The van der Waals surface area contributed by atoms with Crippen molar-refractivity contribution in [3.63, 3.8) is 0 Å². The molecule has 0 aliphatic heterocycles. The second-order valence-corrected chi connectivity index (χ2v) is 3.08. The zero-order chi connectivity index (χ0) is 11.1. The van der Waals surface area contributed by atoms with E-state index in [2.05, 4.69) is 5.92 Å². The van der Waals surface area contributed by atoms with Crippen LogP contribution in [0.15, 0.2) is 30.3 Å². The van der Waals surface area contributed by atoms with Gasteiger partial charge in [-0.1, -0.05) is 24.1 Å². The molecule has 76 valence electrons. The van der Waals surface area contributed by atoms with E-state index in [4.69, 9.17) is 22.8 Å².